The number of hydrogen-bond acceptors (Lipinski definition) is 5. The fourth-order valence-corrected chi connectivity index (χ4v) is 1.53. The molecule has 0 unspecified atom stereocenters. The highest BCUT2D eigenvalue weighted by Gasteiger charge is 2.10. The van der Waals surface area contributed by atoms with Crippen LogP contribution in [0.5, 0.6) is 11.5 Å². The molecule has 1 amide bonds. The molecule has 0 bridgehead atoms. The largest absolute Gasteiger partial charge is 0.497 e. The van der Waals surface area contributed by atoms with Crippen LogP contribution in [-0.2, 0) is 16.1 Å². The van der Waals surface area contributed by atoms with Gasteiger partial charge in [-0.3, -0.25) is 10.2 Å². The molecule has 1 rings (SSSR count). The molecule has 0 aliphatic carbocycles. The van der Waals surface area contributed by atoms with Crippen LogP contribution in [0.1, 0.15) is 11.1 Å². The Balaban J connectivity index is 2.78. The molecule has 18 heavy (non-hydrogen) atoms. The van der Waals surface area contributed by atoms with Crippen molar-refractivity contribution in [3.8, 4) is 11.5 Å². The van der Waals surface area contributed by atoms with Gasteiger partial charge in [-0.05, 0) is 18.6 Å². The first kappa shape index (κ1) is 14.3. The van der Waals surface area contributed by atoms with E-state index < -0.39 is 0 Å². The summed E-state index contributed by atoms with van der Waals surface area (Å²) < 4.78 is 15.7. The highest BCUT2D eigenvalue weighted by atomic mass is 16.5. The van der Waals surface area contributed by atoms with Gasteiger partial charge in [0.1, 0.15) is 18.1 Å². The Morgan fingerprint density at radius 3 is 2.61 bits per heavy atom. The van der Waals surface area contributed by atoms with Crippen molar-refractivity contribution in [2.45, 2.75) is 13.5 Å². The molecule has 0 saturated carbocycles. The molecule has 1 aromatic carbocycles. The van der Waals surface area contributed by atoms with Crippen molar-refractivity contribution in [2.24, 2.45) is 5.84 Å². The Morgan fingerprint density at radius 1 is 1.33 bits per heavy atom. The number of benzene rings is 1. The number of ether oxygens (including phenoxy) is 3. The Kier molecular flexibility index (Phi) is 5.41. The van der Waals surface area contributed by atoms with Gasteiger partial charge in [-0.2, -0.15) is 0 Å². The van der Waals surface area contributed by atoms with Crippen LogP contribution in [0.25, 0.3) is 0 Å². The minimum atomic E-state index is -0.375. The van der Waals surface area contributed by atoms with Crippen molar-refractivity contribution in [3.05, 3.63) is 23.3 Å². The van der Waals surface area contributed by atoms with E-state index in [1.165, 1.54) is 0 Å². The van der Waals surface area contributed by atoms with Gasteiger partial charge in [-0.25, -0.2) is 5.84 Å². The van der Waals surface area contributed by atoms with Gasteiger partial charge in [0.2, 0.25) is 0 Å². The summed E-state index contributed by atoms with van der Waals surface area (Å²) in [6.07, 6.45) is 0. The van der Waals surface area contributed by atoms with E-state index in [2.05, 4.69) is 0 Å². The second-order valence-corrected chi connectivity index (χ2v) is 3.69. The molecule has 0 fully saturated rings. The zero-order valence-corrected chi connectivity index (χ0v) is 10.8. The van der Waals surface area contributed by atoms with E-state index in [0.29, 0.717) is 11.5 Å². The number of carbonyl (C=O) groups excluding carboxylic acids is 1. The van der Waals surface area contributed by atoms with Gasteiger partial charge in [-0.15, -0.1) is 0 Å². The third-order valence-electron chi connectivity index (χ3n) is 2.50. The van der Waals surface area contributed by atoms with Gasteiger partial charge in [0.25, 0.3) is 5.91 Å². The highest BCUT2D eigenvalue weighted by Crippen LogP contribution is 2.28. The van der Waals surface area contributed by atoms with Gasteiger partial charge < -0.3 is 14.2 Å². The summed E-state index contributed by atoms with van der Waals surface area (Å²) in [5, 5.41) is 0. The SMILES string of the molecule is COc1cc(C)c(COCC(=O)NN)c(OC)c1. The van der Waals surface area contributed by atoms with Gasteiger partial charge in [0.15, 0.2) is 0 Å². The Hall–Kier alpha value is -1.79. The maximum absolute atomic E-state index is 10.9. The fraction of sp³-hybridized carbons (Fsp3) is 0.417. The zero-order valence-electron chi connectivity index (χ0n) is 10.8. The van der Waals surface area contributed by atoms with Crippen LogP contribution in [0, 0.1) is 6.92 Å². The predicted octanol–water partition coefficient (Wildman–Crippen LogP) is 0.519. The maximum Gasteiger partial charge on any atom is 0.259 e. The van der Waals surface area contributed by atoms with Crippen LogP contribution < -0.4 is 20.7 Å². The molecule has 0 aliphatic rings. The number of carbonyl (C=O) groups is 1. The molecular weight excluding hydrogens is 236 g/mol. The van der Waals surface area contributed by atoms with Gasteiger partial charge in [0, 0.05) is 11.6 Å². The van der Waals surface area contributed by atoms with Crippen molar-refractivity contribution in [1.82, 2.24) is 5.43 Å². The predicted molar refractivity (Wildman–Crippen MR) is 66.3 cm³/mol. The number of rotatable bonds is 6. The number of hydrazine groups is 1. The summed E-state index contributed by atoms with van der Waals surface area (Å²) >= 11 is 0. The lowest BCUT2D eigenvalue weighted by atomic mass is 10.1. The van der Waals surface area contributed by atoms with Crippen molar-refractivity contribution >= 4 is 5.91 Å². The first-order valence-corrected chi connectivity index (χ1v) is 5.41. The summed E-state index contributed by atoms with van der Waals surface area (Å²) in [5.41, 5.74) is 3.85. The number of methoxy groups -OCH3 is 2. The third-order valence-corrected chi connectivity index (χ3v) is 2.50. The van der Waals surface area contributed by atoms with Crippen LogP contribution in [0.2, 0.25) is 0 Å². The molecule has 0 aromatic heterocycles. The monoisotopic (exact) mass is 254 g/mol. The average molecular weight is 254 g/mol. The number of amides is 1. The summed E-state index contributed by atoms with van der Waals surface area (Å²) in [4.78, 5) is 10.9. The minimum Gasteiger partial charge on any atom is -0.497 e. The second-order valence-electron chi connectivity index (χ2n) is 3.69. The Labute approximate surface area is 106 Å². The summed E-state index contributed by atoms with van der Waals surface area (Å²) in [6, 6.07) is 3.65. The first-order valence-electron chi connectivity index (χ1n) is 5.41. The molecule has 0 spiro atoms. The van der Waals surface area contributed by atoms with Crippen molar-refractivity contribution in [3.63, 3.8) is 0 Å². The van der Waals surface area contributed by atoms with E-state index in [0.717, 1.165) is 11.1 Å². The lowest BCUT2D eigenvalue weighted by molar-refractivity contribution is -0.126. The quantitative estimate of drug-likeness (QED) is 0.439. The molecule has 6 nitrogen and oxygen atoms in total. The average Bonchev–Trinajstić information content (AvgIpc) is 2.39. The lowest BCUT2D eigenvalue weighted by Crippen LogP contribution is -2.33. The standard InChI is InChI=1S/C12H18N2O4/c1-8-4-9(16-2)5-11(17-3)10(8)6-18-7-12(15)14-13/h4-5H,6-7,13H2,1-3H3,(H,14,15). The van der Waals surface area contributed by atoms with Crippen molar-refractivity contribution in [1.29, 1.82) is 0 Å². The van der Waals surface area contributed by atoms with Crippen LogP contribution in [0.15, 0.2) is 12.1 Å². The maximum atomic E-state index is 10.9. The molecule has 0 atom stereocenters. The molecule has 0 heterocycles. The number of nitrogens with two attached hydrogens (primary N) is 1. The smallest absolute Gasteiger partial charge is 0.259 e. The normalized spacial score (nSPS) is 10.0. The van der Waals surface area contributed by atoms with Gasteiger partial charge in [0.05, 0.1) is 20.8 Å². The lowest BCUT2D eigenvalue weighted by Gasteiger charge is -2.13. The first-order chi connectivity index (χ1) is 8.62. The Morgan fingerprint density at radius 2 is 2.06 bits per heavy atom. The van der Waals surface area contributed by atoms with Crippen molar-refractivity contribution in [2.75, 3.05) is 20.8 Å². The molecule has 0 saturated heterocycles. The van der Waals surface area contributed by atoms with E-state index in [1.54, 1.807) is 20.3 Å². The van der Waals surface area contributed by atoms with E-state index in [9.17, 15) is 4.79 Å². The third kappa shape index (κ3) is 3.61. The number of nitrogens with one attached hydrogen (secondary N) is 1. The van der Waals surface area contributed by atoms with Gasteiger partial charge in [-0.1, -0.05) is 0 Å². The summed E-state index contributed by atoms with van der Waals surface area (Å²) in [5.74, 6) is 5.96. The fourth-order valence-electron chi connectivity index (χ4n) is 1.53. The van der Waals surface area contributed by atoms with Crippen LogP contribution in [0.3, 0.4) is 0 Å². The molecule has 0 radical (unpaired) electrons. The molecule has 6 heteroatoms. The van der Waals surface area contributed by atoms with E-state index in [4.69, 9.17) is 20.1 Å². The van der Waals surface area contributed by atoms with Crippen LogP contribution in [-0.4, -0.2) is 26.7 Å². The van der Waals surface area contributed by atoms with Crippen LogP contribution in [0.4, 0.5) is 0 Å². The zero-order chi connectivity index (χ0) is 13.5. The molecule has 100 valence electrons. The molecular formula is C12H18N2O4. The Bertz CT molecular complexity index is 421. The summed E-state index contributed by atoms with van der Waals surface area (Å²) in [7, 11) is 3.17. The van der Waals surface area contributed by atoms with Crippen molar-refractivity contribution < 1.29 is 19.0 Å². The van der Waals surface area contributed by atoms with E-state index in [-0.39, 0.29) is 19.1 Å². The van der Waals surface area contributed by atoms with Crippen LogP contribution >= 0.6 is 0 Å². The van der Waals surface area contributed by atoms with E-state index >= 15 is 0 Å². The highest BCUT2D eigenvalue weighted by molar-refractivity contribution is 5.76. The topological polar surface area (TPSA) is 82.8 Å². The number of hydrogen-bond donors (Lipinski definition) is 2. The summed E-state index contributed by atoms with van der Waals surface area (Å²) in [6.45, 7) is 2.10. The second kappa shape index (κ2) is 6.83. The van der Waals surface area contributed by atoms with Gasteiger partial charge >= 0.3 is 0 Å². The molecule has 0 aliphatic heterocycles. The molecule has 3 N–H and O–H groups in total. The minimum absolute atomic E-state index is 0.0921. The molecule has 1 aromatic rings. The number of aryl methyl sites for hydroxylation is 1. The van der Waals surface area contributed by atoms with E-state index in [1.807, 2.05) is 18.4 Å².